The number of Topliss-reactive ketones (excluding diaryl/α,β-unsaturated/α-hetero) is 1. The fourth-order valence-electron chi connectivity index (χ4n) is 1.35. The molecule has 0 radical (unpaired) electrons. The van der Waals surface area contributed by atoms with E-state index >= 15 is 0 Å². The molecule has 2 N–H and O–H groups in total. The normalized spacial score (nSPS) is 11.9. The average molecular weight is 222 g/mol. The molecule has 5 nitrogen and oxygen atoms in total. The number of aromatic nitrogens is 1. The van der Waals surface area contributed by atoms with Crippen LogP contribution in [0.2, 0.25) is 0 Å². The molecule has 0 aliphatic rings. The molecule has 0 aliphatic heterocycles. The number of anilines is 1. The first-order chi connectivity index (χ1) is 7.56. The fourth-order valence-corrected chi connectivity index (χ4v) is 1.35. The number of hydrogen-bond donors (Lipinski definition) is 1. The highest BCUT2D eigenvalue weighted by Gasteiger charge is 2.26. The molecule has 1 rings (SSSR count). The van der Waals surface area contributed by atoms with Gasteiger partial charge in [-0.1, -0.05) is 6.07 Å². The molecule has 0 bridgehead atoms. The molecular weight excluding hydrogens is 208 g/mol. The van der Waals surface area contributed by atoms with Crippen LogP contribution in [0.4, 0.5) is 5.82 Å². The first-order valence-corrected chi connectivity index (χ1v) is 4.94. The molecule has 1 aromatic heterocycles. The lowest BCUT2D eigenvalue weighted by atomic mass is 9.97. The Bertz CT molecular complexity index is 387. The highest BCUT2D eigenvalue weighted by Crippen LogP contribution is 2.18. The number of pyridine rings is 1. The molecule has 0 fully saturated rings. The van der Waals surface area contributed by atoms with Crippen molar-refractivity contribution >= 4 is 17.6 Å². The van der Waals surface area contributed by atoms with E-state index < -0.39 is 11.9 Å². The van der Waals surface area contributed by atoms with Crippen LogP contribution in [0.15, 0.2) is 18.3 Å². The zero-order valence-electron chi connectivity index (χ0n) is 9.27. The van der Waals surface area contributed by atoms with Gasteiger partial charge in [-0.15, -0.1) is 0 Å². The van der Waals surface area contributed by atoms with Crippen LogP contribution in [0.5, 0.6) is 0 Å². The molecule has 16 heavy (non-hydrogen) atoms. The van der Waals surface area contributed by atoms with Gasteiger partial charge in [0.25, 0.3) is 0 Å². The standard InChI is InChI=1S/C11H14N2O3/c1-3-16-11(15)10(7(2)14)8-4-5-9(12)13-6-8/h4-6,10H,3H2,1-2H3,(H2,12,13). The Hall–Kier alpha value is -1.91. The summed E-state index contributed by atoms with van der Waals surface area (Å²) in [6, 6.07) is 3.15. The SMILES string of the molecule is CCOC(=O)C(C(C)=O)c1ccc(N)nc1. The predicted octanol–water partition coefficient (Wildman–Crippen LogP) is 0.899. The lowest BCUT2D eigenvalue weighted by Crippen LogP contribution is -2.22. The van der Waals surface area contributed by atoms with E-state index in [1.165, 1.54) is 13.1 Å². The van der Waals surface area contributed by atoms with E-state index in [0.717, 1.165) is 0 Å². The fraction of sp³-hybridized carbons (Fsp3) is 0.364. The van der Waals surface area contributed by atoms with Gasteiger partial charge in [-0.05, 0) is 25.5 Å². The van der Waals surface area contributed by atoms with Gasteiger partial charge in [-0.3, -0.25) is 9.59 Å². The molecule has 1 unspecified atom stereocenters. The lowest BCUT2D eigenvalue weighted by Gasteiger charge is -2.12. The molecule has 86 valence electrons. The number of nitrogens with two attached hydrogens (primary N) is 1. The molecule has 0 saturated heterocycles. The summed E-state index contributed by atoms with van der Waals surface area (Å²) in [7, 11) is 0. The molecule has 1 heterocycles. The van der Waals surface area contributed by atoms with E-state index in [2.05, 4.69) is 4.98 Å². The molecule has 1 aromatic rings. The van der Waals surface area contributed by atoms with Crippen LogP contribution < -0.4 is 5.73 Å². The summed E-state index contributed by atoms with van der Waals surface area (Å²) >= 11 is 0. The molecular formula is C11H14N2O3. The number of rotatable bonds is 4. The van der Waals surface area contributed by atoms with Crippen molar-refractivity contribution in [2.45, 2.75) is 19.8 Å². The first-order valence-electron chi connectivity index (χ1n) is 4.94. The summed E-state index contributed by atoms with van der Waals surface area (Å²) in [5.41, 5.74) is 5.93. The van der Waals surface area contributed by atoms with Crippen molar-refractivity contribution in [3.8, 4) is 0 Å². The molecule has 0 amide bonds. The van der Waals surface area contributed by atoms with E-state index in [1.54, 1.807) is 19.1 Å². The molecule has 0 aliphatic carbocycles. The minimum atomic E-state index is -0.909. The van der Waals surface area contributed by atoms with Gasteiger partial charge >= 0.3 is 5.97 Å². The van der Waals surface area contributed by atoms with Crippen molar-refractivity contribution in [2.75, 3.05) is 12.3 Å². The maximum Gasteiger partial charge on any atom is 0.321 e. The minimum absolute atomic E-state index is 0.241. The van der Waals surface area contributed by atoms with Crippen LogP contribution in [-0.4, -0.2) is 23.3 Å². The molecule has 5 heteroatoms. The summed E-state index contributed by atoms with van der Waals surface area (Å²) in [5, 5.41) is 0. The smallest absolute Gasteiger partial charge is 0.321 e. The second-order valence-corrected chi connectivity index (χ2v) is 3.31. The molecule has 0 aromatic carbocycles. The van der Waals surface area contributed by atoms with Crippen molar-refractivity contribution in [3.05, 3.63) is 23.9 Å². The van der Waals surface area contributed by atoms with Crippen molar-refractivity contribution in [3.63, 3.8) is 0 Å². The van der Waals surface area contributed by atoms with Gasteiger partial charge < -0.3 is 10.5 Å². The maximum atomic E-state index is 11.6. The maximum absolute atomic E-state index is 11.6. The molecule has 1 atom stereocenters. The Morgan fingerprint density at radius 3 is 2.62 bits per heavy atom. The van der Waals surface area contributed by atoms with Gasteiger partial charge in [0.1, 0.15) is 17.5 Å². The number of nitrogens with zero attached hydrogens (tertiary/aromatic N) is 1. The topological polar surface area (TPSA) is 82.3 Å². The van der Waals surface area contributed by atoms with E-state index in [-0.39, 0.29) is 12.4 Å². The number of hydrogen-bond acceptors (Lipinski definition) is 5. The number of nitrogen functional groups attached to an aromatic ring is 1. The third kappa shape index (κ3) is 2.79. The van der Waals surface area contributed by atoms with Gasteiger partial charge in [-0.2, -0.15) is 0 Å². The number of ether oxygens (including phenoxy) is 1. The Balaban J connectivity index is 2.98. The van der Waals surface area contributed by atoms with Crippen LogP contribution in [0.3, 0.4) is 0 Å². The lowest BCUT2D eigenvalue weighted by molar-refractivity contribution is -0.147. The Kier molecular flexibility index (Phi) is 3.99. The Morgan fingerprint density at radius 2 is 2.19 bits per heavy atom. The first kappa shape index (κ1) is 12.2. The van der Waals surface area contributed by atoms with Gasteiger partial charge in [-0.25, -0.2) is 4.98 Å². The highest BCUT2D eigenvalue weighted by molar-refractivity contribution is 6.03. The zero-order valence-corrected chi connectivity index (χ0v) is 9.27. The van der Waals surface area contributed by atoms with Gasteiger partial charge in [0.15, 0.2) is 0 Å². The second kappa shape index (κ2) is 5.25. The molecule has 0 spiro atoms. The largest absolute Gasteiger partial charge is 0.465 e. The third-order valence-corrected chi connectivity index (χ3v) is 2.07. The third-order valence-electron chi connectivity index (χ3n) is 2.07. The van der Waals surface area contributed by atoms with Crippen LogP contribution in [-0.2, 0) is 14.3 Å². The van der Waals surface area contributed by atoms with Crippen molar-refractivity contribution in [1.82, 2.24) is 4.98 Å². The second-order valence-electron chi connectivity index (χ2n) is 3.31. The molecule has 0 saturated carbocycles. The van der Waals surface area contributed by atoms with E-state index in [1.807, 2.05) is 0 Å². The van der Waals surface area contributed by atoms with E-state index in [4.69, 9.17) is 10.5 Å². The van der Waals surface area contributed by atoms with E-state index in [0.29, 0.717) is 11.4 Å². The Labute approximate surface area is 93.6 Å². The summed E-state index contributed by atoms with van der Waals surface area (Å²) in [6.07, 6.45) is 1.42. The zero-order chi connectivity index (χ0) is 12.1. The van der Waals surface area contributed by atoms with Crippen molar-refractivity contribution < 1.29 is 14.3 Å². The number of ketones is 1. The van der Waals surface area contributed by atoms with Crippen LogP contribution in [0.25, 0.3) is 0 Å². The van der Waals surface area contributed by atoms with Gasteiger partial charge in [0, 0.05) is 6.20 Å². The van der Waals surface area contributed by atoms with Crippen LogP contribution >= 0.6 is 0 Å². The summed E-state index contributed by atoms with van der Waals surface area (Å²) in [5.74, 6) is -1.39. The summed E-state index contributed by atoms with van der Waals surface area (Å²) < 4.78 is 4.83. The van der Waals surface area contributed by atoms with Crippen molar-refractivity contribution in [2.24, 2.45) is 0 Å². The quantitative estimate of drug-likeness (QED) is 0.604. The van der Waals surface area contributed by atoms with Crippen molar-refractivity contribution in [1.29, 1.82) is 0 Å². The monoisotopic (exact) mass is 222 g/mol. The summed E-state index contributed by atoms with van der Waals surface area (Å²) in [6.45, 7) is 3.28. The van der Waals surface area contributed by atoms with Crippen LogP contribution in [0, 0.1) is 0 Å². The number of carbonyl (C=O) groups excluding carboxylic acids is 2. The number of carbonyl (C=O) groups is 2. The highest BCUT2D eigenvalue weighted by atomic mass is 16.5. The predicted molar refractivity (Wildman–Crippen MR) is 58.7 cm³/mol. The minimum Gasteiger partial charge on any atom is -0.465 e. The summed E-state index contributed by atoms with van der Waals surface area (Å²) in [4.78, 5) is 26.8. The average Bonchev–Trinajstić information content (AvgIpc) is 2.21. The van der Waals surface area contributed by atoms with Gasteiger partial charge in [0.2, 0.25) is 0 Å². The van der Waals surface area contributed by atoms with Gasteiger partial charge in [0.05, 0.1) is 6.61 Å². The van der Waals surface area contributed by atoms with Crippen LogP contribution in [0.1, 0.15) is 25.3 Å². The Morgan fingerprint density at radius 1 is 1.50 bits per heavy atom. The van der Waals surface area contributed by atoms with E-state index in [9.17, 15) is 9.59 Å². The number of esters is 1.